The zero-order valence-electron chi connectivity index (χ0n) is 7.19. The first-order chi connectivity index (χ1) is 6.42. The van der Waals surface area contributed by atoms with Gasteiger partial charge < -0.3 is 4.79 Å². The Labute approximate surface area is 81.0 Å². The number of aldehydes is 1. The van der Waals surface area contributed by atoms with Crippen LogP contribution in [0.5, 0.6) is 0 Å². The fourth-order valence-corrected chi connectivity index (χ4v) is 2.44. The Morgan fingerprint density at radius 1 is 1.31 bits per heavy atom. The molecule has 2 rings (SSSR count). The van der Waals surface area contributed by atoms with E-state index in [1.807, 2.05) is 12.1 Å². The number of carbonyl (C=O) groups is 1. The molecule has 0 spiro atoms. The maximum Gasteiger partial charge on any atom is 0.120 e. The van der Waals surface area contributed by atoms with Gasteiger partial charge in [-0.1, -0.05) is 18.2 Å². The van der Waals surface area contributed by atoms with E-state index in [9.17, 15) is 4.79 Å². The van der Waals surface area contributed by atoms with Crippen molar-refractivity contribution in [1.82, 2.24) is 0 Å². The summed E-state index contributed by atoms with van der Waals surface area (Å²) < 4.78 is 1.31. The van der Waals surface area contributed by atoms with E-state index in [4.69, 9.17) is 0 Å². The molecule has 13 heavy (non-hydrogen) atoms. The molecule has 0 radical (unpaired) electrons. The second-order valence-corrected chi connectivity index (χ2v) is 3.87. The van der Waals surface area contributed by atoms with Crippen LogP contribution in [0.4, 0.5) is 0 Å². The summed E-state index contributed by atoms with van der Waals surface area (Å²) in [5.41, 5.74) is 1.30. The summed E-state index contributed by atoms with van der Waals surface area (Å²) in [6, 6.07) is 8.32. The van der Waals surface area contributed by atoms with Gasteiger partial charge in [-0.05, 0) is 28.8 Å². The van der Waals surface area contributed by atoms with Gasteiger partial charge in [0, 0.05) is 11.1 Å². The van der Waals surface area contributed by atoms with Crippen molar-refractivity contribution in [2.45, 2.75) is 12.8 Å². The first kappa shape index (κ1) is 8.45. The van der Waals surface area contributed by atoms with Crippen LogP contribution in [-0.4, -0.2) is 6.29 Å². The largest absolute Gasteiger partial charge is 0.303 e. The minimum Gasteiger partial charge on any atom is -0.303 e. The molecule has 0 amide bonds. The molecule has 0 N–H and O–H groups in total. The molecule has 0 saturated carbocycles. The molecule has 0 bridgehead atoms. The number of hydrogen-bond acceptors (Lipinski definition) is 2. The fourth-order valence-electron chi connectivity index (χ4n) is 1.44. The normalized spacial score (nSPS) is 10.5. The first-order valence-corrected chi connectivity index (χ1v) is 5.18. The summed E-state index contributed by atoms with van der Waals surface area (Å²) in [7, 11) is 0. The third-order valence-corrected chi connectivity index (χ3v) is 3.10. The van der Waals surface area contributed by atoms with Gasteiger partial charge in [-0.2, -0.15) is 0 Å². The smallest absolute Gasteiger partial charge is 0.120 e. The van der Waals surface area contributed by atoms with Gasteiger partial charge in [-0.25, -0.2) is 0 Å². The molecular weight excluding hydrogens is 180 g/mol. The van der Waals surface area contributed by atoms with Crippen molar-refractivity contribution >= 4 is 27.7 Å². The van der Waals surface area contributed by atoms with E-state index in [0.717, 1.165) is 12.7 Å². The molecule has 0 aliphatic heterocycles. The highest BCUT2D eigenvalue weighted by Crippen LogP contribution is 2.26. The van der Waals surface area contributed by atoms with Crippen molar-refractivity contribution in [3.63, 3.8) is 0 Å². The van der Waals surface area contributed by atoms with E-state index in [-0.39, 0.29) is 0 Å². The lowest BCUT2D eigenvalue weighted by Gasteiger charge is -1.93. The summed E-state index contributed by atoms with van der Waals surface area (Å²) in [6.45, 7) is 0. The molecule has 1 heterocycles. The summed E-state index contributed by atoms with van der Waals surface area (Å²) in [4.78, 5) is 10.2. The van der Waals surface area contributed by atoms with Gasteiger partial charge in [0.2, 0.25) is 0 Å². The van der Waals surface area contributed by atoms with E-state index >= 15 is 0 Å². The van der Waals surface area contributed by atoms with Crippen LogP contribution < -0.4 is 0 Å². The van der Waals surface area contributed by atoms with Crippen LogP contribution >= 0.6 is 11.3 Å². The Kier molecular flexibility index (Phi) is 2.41. The van der Waals surface area contributed by atoms with Gasteiger partial charge in [0.1, 0.15) is 6.29 Å². The number of benzene rings is 1. The topological polar surface area (TPSA) is 17.1 Å². The van der Waals surface area contributed by atoms with E-state index in [1.165, 1.54) is 15.6 Å². The van der Waals surface area contributed by atoms with Gasteiger partial charge >= 0.3 is 0 Å². The van der Waals surface area contributed by atoms with Gasteiger partial charge in [0.25, 0.3) is 0 Å². The first-order valence-electron chi connectivity index (χ1n) is 4.30. The molecule has 1 aromatic carbocycles. The zero-order chi connectivity index (χ0) is 9.10. The molecule has 0 fully saturated rings. The van der Waals surface area contributed by atoms with Crippen LogP contribution in [0.2, 0.25) is 0 Å². The van der Waals surface area contributed by atoms with Crippen molar-refractivity contribution in [3.05, 3.63) is 35.2 Å². The van der Waals surface area contributed by atoms with Gasteiger partial charge in [0.05, 0.1) is 0 Å². The van der Waals surface area contributed by atoms with Crippen LogP contribution in [-0.2, 0) is 11.2 Å². The summed E-state index contributed by atoms with van der Waals surface area (Å²) >= 11 is 1.75. The Balaban J connectivity index is 2.40. The molecular formula is C11H10OS. The number of hydrogen-bond donors (Lipinski definition) is 0. The van der Waals surface area contributed by atoms with Crippen LogP contribution in [0.15, 0.2) is 29.6 Å². The van der Waals surface area contributed by atoms with Crippen molar-refractivity contribution in [3.8, 4) is 0 Å². The quantitative estimate of drug-likeness (QED) is 0.680. The molecule has 0 aliphatic carbocycles. The van der Waals surface area contributed by atoms with Gasteiger partial charge in [0.15, 0.2) is 0 Å². The molecule has 0 aliphatic rings. The van der Waals surface area contributed by atoms with Crippen LogP contribution in [0.1, 0.15) is 12.0 Å². The fraction of sp³-hybridized carbons (Fsp3) is 0.182. The lowest BCUT2D eigenvalue weighted by atomic mass is 10.1. The lowest BCUT2D eigenvalue weighted by molar-refractivity contribution is -0.107. The maximum atomic E-state index is 10.2. The van der Waals surface area contributed by atoms with Crippen molar-refractivity contribution < 1.29 is 4.79 Å². The predicted molar refractivity (Wildman–Crippen MR) is 56.2 cm³/mol. The minimum absolute atomic E-state index is 0.626. The van der Waals surface area contributed by atoms with Gasteiger partial charge in [-0.3, -0.25) is 0 Å². The molecule has 1 aromatic heterocycles. The third-order valence-electron chi connectivity index (χ3n) is 2.09. The van der Waals surface area contributed by atoms with Crippen LogP contribution in [0.25, 0.3) is 10.1 Å². The monoisotopic (exact) mass is 190 g/mol. The third kappa shape index (κ3) is 1.63. The van der Waals surface area contributed by atoms with Gasteiger partial charge in [-0.15, -0.1) is 11.3 Å². The highest BCUT2D eigenvalue weighted by atomic mass is 32.1. The van der Waals surface area contributed by atoms with Crippen molar-refractivity contribution in [2.75, 3.05) is 0 Å². The number of aryl methyl sites for hydroxylation is 1. The maximum absolute atomic E-state index is 10.2. The Morgan fingerprint density at radius 2 is 2.15 bits per heavy atom. The predicted octanol–water partition coefficient (Wildman–Crippen LogP) is 3.03. The second kappa shape index (κ2) is 3.71. The van der Waals surface area contributed by atoms with E-state index in [1.54, 1.807) is 11.3 Å². The van der Waals surface area contributed by atoms with E-state index in [0.29, 0.717) is 6.42 Å². The highest BCUT2D eigenvalue weighted by Gasteiger charge is 2.01. The minimum atomic E-state index is 0.626. The molecule has 66 valence electrons. The Hall–Kier alpha value is -1.15. The molecule has 0 unspecified atom stereocenters. The van der Waals surface area contributed by atoms with Crippen molar-refractivity contribution in [2.24, 2.45) is 0 Å². The molecule has 0 atom stereocenters. The van der Waals surface area contributed by atoms with E-state index in [2.05, 4.69) is 17.5 Å². The van der Waals surface area contributed by atoms with E-state index < -0.39 is 0 Å². The zero-order valence-corrected chi connectivity index (χ0v) is 8.01. The lowest BCUT2D eigenvalue weighted by Crippen LogP contribution is -1.82. The summed E-state index contributed by atoms with van der Waals surface area (Å²) in [5.74, 6) is 0. The highest BCUT2D eigenvalue weighted by molar-refractivity contribution is 7.17. The molecule has 2 heteroatoms. The Bertz CT molecular complexity index is 417. The second-order valence-electron chi connectivity index (χ2n) is 2.96. The average Bonchev–Trinajstić information content (AvgIpc) is 2.58. The standard InChI is InChI=1S/C11H10OS/c12-7-3-4-9-8-13-11-6-2-1-5-10(9)11/h1-2,5-8H,3-4H2. The van der Waals surface area contributed by atoms with Crippen LogP contribution in [0, 0.1) is 0 Å². The number of rotatable bonds is 3. The molecule has 1 nitrogen and oxygen atoms in total. The number of carbonyl (C=O) groups excluding carboxylic acids is 1. The SMILES string of the molecule is O=CCCc1csc2ccccc12. The van der Waals surface area contributed by atoms with Crippen molar-refractivity contribution in [1.29, 1.82) is 0 Å². The number of fused-ring (bicyclic) bond motifs is 1. The summed E-state index contributed by atoms with van der Waals surface area (Å²) in [5, 5.41) is 3.45. The number of thiophene rings is 1. The molecule has 2 aromatic rings. The Morgan fingerprint density at radius 3 is 3.00 bits per heavy atom. The average molecular weight is 190 g/mol. The molecule has 0 saturated heterocycles. The summed E-state index contributed by atoms with van der Waals surface area (Å²) in [6.07, 6.45) is 2.47. The van der Waals surface area contributed by atoms with Crippen LogP contribution in [0.3, 0.4) is 0 Å².